The Balaban J connectivity index is 2.14. The SMILES string of the molecule is COc1cc(Cc2nccc3cc(OC)c(OC)cc23)c([NH+]([O-])O)cc1OC. The van der Waals surface area contributed by atoms with Crippen molar-refractivity contribution >= 4 is 16.5 Å². The molecule has 0 radical (unpaired) electrons. The highest BCUT2D eigenvalue weighted by atomic mass is 16.8. The molecule has 148 valence electrons. The summed E-state index contributed by atoms with van der Waals surface area (Å²) in [6, 6.07) is 8.71. The number of nitrogens with one attached hydrogen (secondary N) is 1. The number of rotatable bonds is 7. The summed E-state index contributed by atoms with van der Waals surface area (Å²) in [4.78, 5) is 4.47. The first kappa shape index (κ1) is 19.7. The second-order valence-corrected chi connectivity index (χ2v) is 6.03. The van der Waals surface area contributed by atoms with Gasteiger partial charge in [-0.1, -0.05) is 0 Å². The van der Waals surface area contributed by atoms with Gasteiger partial charge >= 0.3 is 0 Å². The van der Waals surface area contributed by atoms with Crippen LogP contribution in [0.5, 0.6) is 23.0 Å². The zero-order valence-corrected chi connectivity index (χ0v) is 16.1. The summed E-state index contributed by atoms with van der Waals surface area (Å²) < 4.78 is 21.3. The topological polar surface area (TPSA) is 97.5 Å². The van der Waals surface area contributed by atoms with E-state index in [0.717, 1.165) is 10.8 Å². The van der Waals surface area contributed by atoms with Crippen molar-refractivity contribution in [2.75, 3.05) is 28.4 Å². The highest BCUT2D eigenvalue weighted by Crippen LogP contribution is 2.36. The first-order chi connectivity index (χ1) is 13.5. The van der Waals surface area contributed by atoms with E-state index >= 15 is 0 Å². The van der Waals surface area contributed by atoms with Crippen LogP contribution >= 0.6 is 0 Å². The van der Waals surface area contributed by atoms with E-state index in [0.29, 0.717) is 40.7 Å². The van der Waals surface area contributed by atoms with Crippen molar-refractivity contribution in [1.29, 1.82) is 0 Å². The van der Waals surface area contributed by atoms with E-state index in [9.17, 15) is 10.4 Å². The normalized spacial score (nSPS) is 11.9. The second kappa shape index (κ2) is 8.30. The van der Waals surface area contributed by atoms with Crippen LogP contribution in [0.15, 0.2) is 36.5 Å². The molecule has 0 aliphatic heterocycles. The Morgan fingerprint density at radius 3 is 2.07 bits per heavy atom. The Morgan fingerprint density at radius 1 is 0.893 bits per heavy atom. The Labute approximate surface area is 162 Å². The van der Waals surface area contributed by atoms with E-state index in [1.54, 1.807) is 26.5 Å². The van der Waals surface area contributed by atoms with Gasteiger partial charge in [-0.3, -0.25) is 4.98 Å². The Kier molecular flexibility index (Phi) is 5.84. The summed E-state index contributed by atoms with van der Waals surface area (Å²) in [7, 11) is 6.12. The zero-order valence-electron chi connectivity index (χ0n) is 16.1. The summed E-state index contributed by atoms with van der Waals surface area (Å²) >= 11 is 0. The molecule has 0 spiro atoms. The van der Waals surface area contributed by atoms with Crippen molar-refractivity contribution in [3.05, 3.63) is 53.0 Å². The molecule has 0 fully saturated rings. The van der Waals surface area contributed by atoms with Crippen LogP contribution in [-0.4, -0.2) is 38.6 Å². The fourth-order valence-electron chi connectivity index (χ4n) is 3.15. The van der Waals surface area contributed by atoms with Crippen molar-refractivity contribution in [3.8, 4) is 23.0 Å². The third-order valence-corrected chi connectivity index (χ3v) is 4.55. The van der Waals surface area contributed by atoms with Gasteiger partial charge in [0.1, 0.15) is 0 Å². The molecule has 1 unspecified atom stereocenters. The van der Waals surface area contributed by atoms with Crippen molar-refractivity contribution in [3.63, 3.8) is 0 Å². The molecule has 3 rings (SSSR count). The average Bonchev–Trinajstić information content (AvgIpc) is 2.72. The van der Waals surface area contributed by atoms with Crippen LogP contribution in [0.1, 0.15) is 11.3 Å². The highest BCUT2D eigenvalue weighted by molar-refractivity contribution is 5.88. The van der Waals surface area contributed by atoms with Crippen LogP contribution in [0, 0.1) is 5.21 Å². The maximum atomic E-state index is 11.8. The summed E-state index contributed by atoms with van der Waals surface area (Å²) in [5.41, 5.74) is 1.42. The molecule has 2 aromatic carbocycles. The van der Waals surface area contributed by atoms with Crippen LogP contribution in [0.3, 0.4) is 0 Å². The van der Waals surface area contributed by atoms with Gasteiger partial charge in [-0.05, 0) is 29.7 Å². The molecule has 1 heterocycles. The van der Waals surface area contributed by atoms with Crippen LogP contribution < -0.4 is 24.2 Å². The zero-order chi connectivity index (χ0) is 20.3. The first-order valence-electron chi connectivity index (χ1n) is 8.50. The maximum Gasteiger partial charge on any atom is 0.171 e. The largest absolute Gasteiger partial charge is 0.595 e. The molecule has 0 saturated heterocycles. The van der Waals surface area contributed by atoms with Gasteiger partial charge in [-0.25, -0.2) is 5.21 Å². The number of hydrogen-bond donors (Lipinski definition) is 2. The molecule has 28 heavy (non-hydrogen) atoms. The molecule has 2 N–H and O–H groups in total. The van der Waals surface area contributed by atoms with Gasteiger partial charge in [0, 0.05) is 29.6 Å². The molecule has 0 aliphatic carbocycles. The number of ether oxygens (including phenoxy) is 4. The molecule has 0 bridgehead atoms. The van der Waals surface area contributed by atoms with E-state index < -0.39 is 5.23 Å². The Bertz CT molecular complexity index is 990. The molecule has 0 saturated carbocycles. The lowest BCUT2D eigenvalue weighted by molar-refractivity contribution is -0.991. The van der Waals surface area contributed by atoms with Crippen molar-refractivity contribution in [1.82, 2.24) is 4.98 Å². The lowest BCUT2D eigenvalue weighted by Crippen LogP contribution is -2.99. The van der Waals surface area contributed by atoms with Gasteiger partial charge in [0.2, 0.25) is 0 Å². The van der Waals surface area contributed by atoms with Crippen molar-refractivity contribution in [2.24, 2.45) is 0 Å². The number of methoxy groups -OCH3 is 4. The third kappa shape index (κ3) is 3.65. The van der Waals surface area contributed by atoms with Gasteiger partial charge < -0.3 is 24.2 Å². The molecule has 0 amide bonds. The lowest BCUT2D eigenvalue weighted by atomic mass is 10.0. The van der Waals surface area contributed by atoms with Crippen LogP contribution in [-0.2, 0) is 6.42 Å². The fraction of sp³-hybridized carbons (Fsp3) is 0.250. The summed E-state index contributed by atoms with van der Waals surface area (Å²) in [5, 5.41) is 22.1. The molecule has 8 nitrogen and oxygen atoms in total. The minimum Gasteiger partial charge on any atom is -0.595 e. The molecular weight excluding hydrogens is 364 g/mol. The molecule has 1 atom stereocenters. The number of quaternary nitrogens is 1. The number of nitrogens with zero attached hydrogens (tertiary/aromatic N) is 1. The van der Waals surface area contributed by atoms with E-state index in [1.807, 2.05) is 18.2 Å². The first-order valence-corrected chi connectivity index (χ1v) is 8.50. The van der Waals surface area contributed by atoms with Gasteiger partial charge in [-0.15, -0.1) is 0 Å². The molecule has 0 aliphatic rings. The van der Waals surface area contributed by atoms with Crippen LogP contribution in [0.25, 0.3) is 10.8 Å². The number of benzene rings is 2. The van der Waals surface area contributed by atoms with Gasteiger partial charge in [0.05, 0.1) is 34.1 Å². The highest BCUT2D eigenvalue weighted by Gasteiger charge is 2.18. The number of fused-ring (bicyclic) bond motifs is 1. The standard InChI is InChI=1S/C20H22N2O6/c1-25-17-8-12-5-6-21-15(14(12)10-19(17)27-3)7-13-9-18(26-2)20(28-4)11-16(13)22(23)24/h5-6,8-11,22-23H,7H2,1-4H3. The number of pyridine rings is 1. The maximum absolute atomic E-state index is 11.8. The van der Waals surface area contributed by atoms with Crippen molar-refractivity contribution < 1.29 is 29.4 Å². The predicted octanol–water partition coefficient (Wildman–Crippen LogP) is 2.26. The van der Waals surface area contributed by atoms with Gasteiger partial charge in [0.15, 0.2) is 28.7 Å². The minimum atomic E-state index is -1.05. The monoisotopic (exact) mass is 386 g/mol. The number of hydrogen-bond acceptors (Lipinski definition) is 7. The van der Waals surface area contributed by atoms with Crippen molar-refractivity contribution in [2.45, 2.75) is 6.42 Å². The summed E-state index contributed by atoms with van der Waals surface area (Å²) in [6.45, 7) is 0. The van der Waals surface area contributed by atoms with E-state index in [4.69, 9.17) is 18.9 Å². The predicted molar refractivity (Wildman–Crippen MR) is 103 cm³/mol. The quantitative estimate of drug-likeness (QED) is 0.601. The average molecular weight is 386 g/mol. The molecule has 3 aromatic rings. The van der Waals surface area contributed by atoms with E-state index in [1.165, 1.54) is 20.3 Å². The van der Waals surface area contributed by atoms with Crippen LogP contribution in [0.4, 0.5) is 5.69 Å². The number of aromatic nitrogens is 1. The third-order valence-electron chi connectivity index (χ3n) is 4.55. The molecule has 1 aromatic heterocycles. The summed E-state index contributed by atoms with van der Waals surface area (Å²) in [6.07, 6.45) is 1.99. The Hall–Kier alpha value is -3.07. The Morgan fingerprint density at radius 2 is 1.46 bits per heavy atom. The minimum absolute atomic E-state index is 0.136. The van der Waals surface area contributed by atoms with Gasteiger partial charge in [0.25, 0.3) is 0 Å². The van der Waals surface area contributed by atoms with E-state index in [-0.39, 0.29) is 5.69 Å². The second-order valence-electron chi connectivity index (χ2n) is 6.03. The van der Waals surface area contributed by atoms with Gasteiger partial charge in [-0.2, -0.15) is 5.23 Å². The van der Waals surface area contributed by atoms with Crippen LogP contribution in [0.2, 0.25) is 0 Å². The lowest BCUT2D eigenvalue weighted by Gasteiger charge is -2.19. The smallest absolute Gasteiger partial charge is 0.171 e. The van der Waals surface area contributed by atoms with E-state index in [2.05, 4.69) is 4.98 Å². The summed E-state index contributed by atoms with van der Waals surface area (Å²) in [5.74, 6) is 2.02. The molecular formula is C20H22N2O6. The fourth-order valence-corrected chi connectivity index (χ4v) is 3.15. The molecule has 8 heteroatoms.